The molecule has 0 bridgehead atoms. The third kappa shape index (κ3) is 23.3. The van der Waals surface area contributed by atoms with E-state index < -0.39 is 0 Å². The second-order valence-corrected chi connectivity index (χ2v) is 0.447. The first-order chi connectivity index (χ1) is 2.91. The van der Waals surface area contributed by atoms with Crippen LogP contribution in [0.5, 0.6) is 0 Å². The molecule has 0 aromatic carbocycles. The zero-order valence-corrected chi connectivity index (χ0v) is 5.67. The normalized spacial score (nSPS) is 5.50. The van der Waals surface area contributed by atoms with Crippen LogP contribution in [0.15, 0.2) is 0 Å². The van der Waals surface area contributed by atoms with Gasteiger partial charge in [-0.05, 0) is 0 Å². The predicted molar refractivity (Wildman–Crippen MR) is 14.9 cm³/mol. The summed E-state index contributed by atoms with van der Waals surface area (Å²) in [6, 6.07) is 0. The van der Waals surface area contributed by atoms with Gasteiger partial charge in [0.05, 0.1) is 13.2 Å². The Morgan fingerprint density at radius 1 is 1.17 bits per heavy atom. The standard InChI is InChI=1S/C2H6O2.O.Zr/c3-1-2-4;;/h3-4H,1-2H2;;. The summed E-state index contributed by atoms with van der Waals surface area (Å²) in [5.41, 5.74) is 0. The molecule has 0 heterocycles. The third-order valence-electron chi connectivity index (χ3n) is 0.1000. The summed E-state index contributed by atoms with van der Waals surface area (Å²) in [7, 11) is 0. The molecule has 0 spiro atoms. The fourth-order valence-corrected chi connectivity index (χ4v) is 0. The Hall–Kier alpha value is 0.603. The summed E-state index contributed by atoms with van der Waals surface area (Å²) in [6.45, 7) is -0.250. The minimum atomic E-state index is -0.125. The summed E-state index contributed by atoms with van der Waals surface area (Å²) in [4.78, 5) is 0. The molecule has 0 aliphatic rings. The summed E-state index contributed by atoms with van der Waals surface area (Å²) in [5, 5.41) is 15.2. The van der Waals surface area contributed by atoms with Crippen molar-refractivity contribution in [3.05, 3.63) is 0 Å². The van der Waals surface area contributed by atoms with Crippen molar-refractivity contribution in [1.82, 2.24) is 0 Å². The summed E-state index contributed by atoms with van der Waals surface area (Å²) in [5.74, 6) is 0. The molecular weight excluding hydrogens is 163 g/mol. The molecule has 2 N–H and O–H groups in total. The van der Waals surface area contributed by atoms with Crippen LogP contribution in [0.3, 0.4) is 0 Å². The molecule has 3 nitrogen and oxygen atoms in total. The molecule has 0 amide bonds. The van der Waals surface area contributed by atoms with Gasteiger partial charge in [-0.25, -0.2) is 0 Å². The van der Waals surface area contributed by atoms with Gasteiger partial charge in [0.2, 0.25) is 0 Å². The van der Waals surface area contributed by atoms with Gasteiger partial charge in [0.25, 0.3) is 0 Å². The summed E-state index contributed by atoms with van der Waals surface area (Å²) < 4.78 is 8.34. The van der Waals surface area contributed by atoms with Crippen molar-refractivity contribution in [2.75, 3.05) is 13.2 Å². The molecular formula is C2H6O3Zr. The van der Waals surface area contributed by atoms with E-state index in [2.05, 4.69) is 0 Å². The molecule has 0 radical (unpaired) electrons. The van der Waals surface area contributed by atoms with Crippen LogP contribution in [0, 0.1) is 0 Å². The third-order valence-corrected chi connectivity index (χ3v) is 0.1000. The van der Waals surface area contributed by atoms with Gasteiger partial charge < -0.3 is 10.2 Å². The van der Waals surface area contributed by atoms with Crippen molar-refractivity contribution < 1.29 is 37.7 Å². The van der Waals surface area contributed by atoms with Crippen LogP contribution in [0.1, 0.15) is 0 Å². The van der Waals surface area contributed by atoms with Crippen molar-refractivity contribution >= 4 is 0 Å². The molecule has 0 saturated carbocycles. The van der Waals surface area contributed by atoms with E-state index in [1.807, 2.05) is 0 Å². The van der Waals surface area contributed by atoms with Gasteiger partial charge in [-0.15, -0.1) is 0 Å². The molecule has 0 fully saturated rings. The van der Waals surface area contributed by atoms with Gasteiger partial charge in [-0.3, -0.25) is 0 Å². The van der Waals surface area contributed by atoms with Gasteiger partial charge in [-0.2, -0.15) is 0 Å². The van der Waals surface area contributed by atoms with E-state index in [-0.39, 0.29) is 13.2 Å². The Morgan fingerprint density at radius 2 is 1.33 bits per heavy atom. The van der Waals surface area contributed by atoms with Gasteiger partial charge in [0, 0.05) is 0 Å². The van der Waals surface area contributed by atoms with Crippen LogP contribution in [-0.4, -0.2) is 23.4 Å². The molecule has 6 heavy (non-hydrogen) atoms. The number of aliphatic hydroxyl groups is 2. The van der Waals surface area contributed by atoms with E-state index in [0.29, 0.717) is 24.7 Å². The van der Waals surface area contributed by atoms with Gasteiger partial charge >= 0.3 is 27.5 Å². The van der Waals surface area contributed by atoms with Crippen molar-refractivity contribution in [3.63, 3.8) is 0 Å². The summed E-state index contributed by atoms with van der Waals surface area (Å²) >= 11 is 0.300. The van der Waals surface area contributed by atoms with Crippen molar-refractivity contribution in [1.29, 1.82) is 0 Å². The van der Waals surface area contributed by atoms with E-state index in [1.54, 1.807) is 0 Å². The maximum absolute atomic E-state index is 8.34. The van der Waals surface area contributed by atoms with E-state index in [1.165, 1.54) is 0 Å². The number of hydrogen-bond acceptors (Lipinski definition) is 3. The second-order valence-electron chi connectivity index (χ2n) is 0.447. The molecule has 0 aromatic heterocycles. The predicted octanol–water partition coefficient (Wildman–Crippen LogP) is -1.15. The van der Waals surface area contributed by atoms with Gasteiger partial charge in [0.1, 0.15) is 0 Å². The first-order valence-corrected chi connectivity index (χ1v) is 2.34. The molecule has 0 atom stereocenters. The minimum absolute atomic E-state index is 0.125. The average Bonchev–Trinajstić information content (AvgIpc) is 1.72. The zero-order chi connectivity index (χ0) is 5.41. The van der Waals surface area contributed by atoms with Crippen molar-refractivity contribution in [2.45, 2.75) is 0 Å². The average molecular weight is 169 g/mol. The van der Waals surface area contributed by atoms with Crippen molar-refractivity contribution in [2.24, 2.45) is 0 Å². The number of hydrogen-bond donors (Lipinski definition) is 2. The van der Waals surface area contributed by atoms with E-state index in [4.69, 9.17) is 13.0 Å². The van der Waals surface area contributed by atoms with E-state index in [9.17, 15) is 0 Å². The number of rotatable bonds is 1. The van der Waals surface area contributed by atoms with Crippen LogP contribution >= 0.6 is 0 Å². The molecule has 0 unspecified atom stereocenters. The monoisotopic (exact) mass is 168 g/mol. The Bertz CT molecular complexity index is 16.3. The quantitative estimate of drug-likeness (QED) is 0.521. The molecule has 0 saturated heterocycles. The number of aliphatic hydroxyl groups excluding tert-OH is 2. The maximum atomic E-state index is 8.34. The van der Waals surface area contributed by atoms with E-state index >= 15 is 0 Å². The fourth-order valence-electron chi connectivity index (χ4n) is 0. The van der Waals surface area contributed by atoms with E-state index in [0.717, 1.165) is 0 Å². The Balaban J connectivity index is 0. The van der Waals surface area contributed by atoms with Crippen LogP contribution < -0.4 is 0 Å². The molecule has 0 rings (SSSR count). The zero-order valence-electron chi connectivity index (χ0n) is 3.22. The Labute approximate surface area is 51.3 Å². The molecule has 0 aliphatic heterocycles. The molecule has 4 heteroatoms. The van der Waals surface area contributed by atoms with Gasteiger partial charge in [-0.1, -0.05) is 0 Å². The first-order valence-electron chi connectivity index (χ1n) is 1.34. The Morgan fingerprint density at radius 3 is 1.33 bits per heavy atom. The fraction of sp³-hybridized carbons (Fsp3) is 1.00. The van der Waals surface area contributed by atoms with Crippen LogP contribution in [0.25, 0.3) is 0 Å². The SMILES string of the molecule is OCCO.[O]=[Zr]. The first kappa shape index (κ1) is 9.78. The summed E-state index contributed by atoms with van der Waals surface area (Å²) in [6.07, 6.45) is 0. The molecule has 36 valence electrons. The van der Waals surface area contributed by atoms with Crippen LogP contribution in [0.4, 0.5) is 0 Å². The van der Waals surface area contributed by atoms with Crippen molar-refractivity contribution in [3.8, 4) is 0 Å². The van der Waals surface area contributed by atoms with Crippen LogP contribution in [-0.2, 0) is 27.5 Å². The van der Waals surface area contributed by atoms with Gasteiger partial charge in [0.15, 0.2) is 0 Å². The van der Waals surface area contributed by atoms with Crippen LogP contribution in [0.2, 0.25) is 0 Å². The molecule has 0 aliphatic carbocycles. The Kier molecular flexibility index (Phi) is 28.6. The molecule has 0 aromatic rings. The second kappa shape index (κ2) is 17.5. The topological polar surface area (TPSA) is 57.5 Å².